The van der Waals surface area contributed by atoms with Gasteiger partial charge in [-0.15, -0.1) is 11.3 Å². The van der Waals surface area contributed by atoms with Crippen molar-refractivity contribution in [1.82, 2.24) is 4.98 Å². The molecule has 1 aromatic heterocycles. The van der Waals surface area contributed by atoms with Crippen LogP contribution in [0.15, 0.2) is 15.9 Å². The molecule has 0 aliphatic carbocycles. The van der Waals surface area contributed by atoms with Crippen LogP contribution in [0.3, 0.4) is 0 Å². The molecule has 0 bridgehead atoms. The van der Waals surface area contributed by atoms with Crippen LogP contribution < -0.4 is 5.73 Å². The van der Waals surface area contributed by atoms with Crippen LogP contribution in [0, 0.1) is 0 Å². The third-order valence-electron chi connectivity index (χ3n) is 1.39. The van der Waals surface area contributed by atoms with Crippen molar-refractivity contribution in [2.45, 2.75) is 16.8 Å². The zero-order chi connectivity index (χ0) is 9.90. The summed E-state index contributed by atoms with van der Waals surface area (Å²) in [4.78, 5) is 14.6. The number of aromatic nitrogens is 1. The minimum absolute atomic E-state index is 0.329. The molecule has 3 N–H and O–H groups in total. The predicted molar refractivity (Wildman–Crippen MR) is 53.1 cm³/mol. The maximum atomic E-state index is 10.6. The van der Waals surface area contributed by atoms with E-state index in [1.54, 1.807) is 6.20 Å². The number of rotatable bonds is 4. The van der Waals surface area contributed by atoms with Crippen molar-refractivity contribution in [3.05, 3.63) is 11.6 Å². The second-order valence-corrected chi connectivity index (χ2v) is 4.93. The molecule has 0 saturated heterocycles. The quantitative estimate of drug-likeness (QED) is 0.738. The minimum atomic E-state index is -1.18. The minimum Gasteiger partial charge on any atom is -0.480 e. The van der Waals surface area contributed by atoms with Gasteiger partial charge >= 0.3 is 5.97 Å². The van der Waals surface area contributed by atoms with Crippen LogP contribution in [0.2, 0.25) is 0 Å². The third-order valence-corrected chi connectivity index (χ3v) is 3.70. The Balaban J connectivity index is 2.47. The van der Waals surface area contributed by atoms with Crippen molar-refractivity contribution < 1.29 is 9.90 Å². The summed E-state index contributed by atoms with van der Waals surface area (Å²) in [6, 6.07) is 0. The van der Waals surface area contributed by atoms with Gasteiger partial charge in [0.1, 0.15) is 9.88 Å². The summed E-state index contributed by atoms with van der Waals surface area (Å²) in [6.07, 6.45) is 1.68. The highest BCUT2D eigenvalue weighted by molar-refractivity contribution is 8.01. The molecule has 0 aromatic carbocycles. The molecular weight excluding hydrogens is 208 g/mol. The molecule has 0 aliphatic heterocycles. The number of aliphatic carboxylic acids is 1. The number of carboxylic acids is 1. The summed E-state index contributed by atoms with van der Waals surface area (Å²) in [7, 11) is 0. The van der Waals surface area contributed by atoms with Crippen LogP contribution in [0.5, 0.6) is 0 Å². The standard InChI is InChI=1S/C7H10N2O2S2/c1-7(8,5(10)11)4-13-6-9-2-3-12-6/h2-3H,4,8H2,1H3,(H,10,11). The fourth-order valence-electron chi connectivity index (χ4n) is 0.555. The lowest BCUT2D eigenvalue weighted by Crippen LogP contribution is -2.47. The zero-order valence-electron chi connectivity index (χ0n) is 7.06. The van der Waals surface area contributed by atoms with Gasteiger partial charge in [0.2, 0.25) is 0 Å². The first-order chi connectivity index (χ1) is 6.02. The first kappa shape index (κ1) is 10.5. The number of nitrogens with zero attached hydrogens (tertiary/aromatic N) is 1. The summed E-state index contributed by atoms with van der Waals surface area (Å²) < 4.78 is 0.845. The Morgan fingerprint density at radius 1 is 1.92 bits per heavy atom. The van der Waals surface area contributed by atoms with Crippen molar-refractivity contribution in [3.63, 3.8) is 0 Å². The van der Waals surface area contributed by atoms with Gasteiger partial charge in [-0.05, 0) is 6.92 Å². The first-order valence-electron chi connectivity index (χ1n) is 3.57. The van der Waals surface area contributed by atoms with E-state index in [-0.39, 0.29) is 0 Å². The van der Waals surface area contributed by atoms with E-state index in [2.05, 4.69) is 4.98 Å². The Morgan fingerprint density at radius 2 is 2.62 bits per heavy atom. The van der Waals surface area contributed by atoms with Gasteiger partial charge in [0, 0.05) is 17.3 Å². The van der Waals surface area contributed by atoms with Crippen LogP contribution in [-0.2, 0) is 4.79 Å². The second-order valence-electron chi connectivity index (χ2n) is 2.81. The van der Waals surface area contributed by atoms with Gasteiger partial charge in [0.15, 0.2) is 0 Å². The van der Waals surface area contributed by atoms with E-state index in [1.807, 2.05) is 5.38 Å². The summed E-state index contributed by atoms with van der Waals surface area (Å²) >= 11 is 2.84. The van der Waals surface area contributed by atoms with E-state index < -0.39 is 11.5 Å². The topological polar surface area (TPSA) is 76.2 Å². The van der Waals surface area contributed by atoms with E-state index in [0.717, 1.165) is 4.34 Å². The lowest BCUT2D eigenvalue weighted by atomic mass is 10.1. The Kier molecular flexibility index (Phi) is 3.29. The van der Waals surface area contributed by atoms with Crippen molar-refractivity contribution in [2.75, 3.05) is 5.75 Å². The summed E-state index contributed by atoms with van der Waals surface area (Å²) in [6.45, 7) is 1.50. The number of carboxylic acid groups (broad SMARTS) is 1. The number of hydrogen-bond donors (Lipinski definition) is 2. The third kappa shape index (κ3) is 2.98. The molecule has 6 heteroatoms. The second kappa shape index (κ2) is 4.08. The molecule has 4 nitrogen and oxygen atoms in total. The molecule has 1 heterocycles. The molecule has 1 unspecified atom stereocenters. The highest BCUT2D eigenvalue weighted by Gasteiger charge is 2.28. The zero-order valence-corrected chi connectivity index (χ0v) is 8.69. The summed E-state index contributed by atoms with van der Waals surface area (Å²) in [5.74, 6) is -0.660. The molecule has 1 aromatic rings. The molecule has 13 heavy (non-hydrogen) atoms. The number of nitrogens with two attached hydrogens (primary N) is 1. The lowest BCUT2D eigenvalue weighted by Gasteiger charge is -2.17. The Labute approximate surface area is 84.2 Å². The maximum Gasteiger partial charge on any atom is 0.324 e. The molecule has 0 amide bonds. The Bertz CT molecular complexity index is 285. The first-order valence-corrected chi connectivity index (χ1v) is 5.43. The highest BCUT2D eigenvalue weighted by atomic mass is 32.2. The van der Waals surface area contributed by atoms with Crippen LogP contribution >= 0.6 is 23.1 Å². The van der Waals surface area contributed by atoms with Gasteiger partial charge in [-0.25, -0.2) is 4.98 Å². The van der Waals surface area contributed by atoms with Crippen LogP contribution in [0.25, 0.3) is 0 Å². The largest absolute Gasteiger partial charge is 0.480 e. The molecule has 0 aliphatic rings. The van der Waals surface area contributed by atoms with E-state index in [4.69, 9.17) is 10.8 Å². The monoisotopic (exact) mass is 218 g/mol. The SMILES string of the molecule is CC(N)(CSc1nccs1)C(=O)O. The van der Waals surface area contributed by atoms with Crippen molar-refractivity contribution >= 4 is 29.1 Å². The van der Waals surface area contributed by atoms with E-state index in [9.17, 15) is 4.79 Å². The summed E-state index contributed by atoms with van der Waals surface area (Å²) in [5, 5.41) is 10.6. The van der Waals surface area contributed by atoms with Gasteiger partial charge in [-0.3, -0.25) is 4.79 Å². The molecule has 72 valence electrons. The number of thioether (sulfide) groups is 1. The fraction of sp³-hybridized carbons (Fsp3) is 0.429. The molecule has 0 radical (unpaired) electrons. The van der Waals surface area contributed by atoms with Gasteiger partial charge in [0.05, 0.1) is 0 Å². The molecule has 0 spiro atoms. The Morgan fingerprint density at radius 3 is 3.08 bits per heavy atom. The number of hydrogen-bond acceptors (Lipinski definition) is 5. The van der Waals surface area contributed by atoms with Gasteiger partial charge in [-0.1, -0.05) is 11.8 Å². The number of carbonyl (C=O) groups is 1. The molecular formula is C7H10N2O2S2. The van der Waals surface area contributed by atoms with Gasteiger partial charge in [-0.2, -0.15) is 0 Å². The van der Waals surface area contributed by atoms with E-state index in [0.29, 0.717) is 5.75 Å². The van der Waals surface area contributed by atoms with E-state index >= 15 is 0 Å². The average molecular weight is 218 g/mol. The van der Waals surface area contributed by atoms with Crippen LogP contribution in [0.1, 0.15) is 6.92 Å². The molecule has 0 saturated carbocycles. The van der Waals surface area contributed by atoms with Crippen molar-refractivity contribution in [1.29, 1.82) is 0 Å². The fourth-order valence-corrected chi connectivity index (χ4v) is 2.21. The lowest BCUT2D eigenvalue weighted by molar-refractivity contribution is -0.141. The smallest absolute Gasteiger partial charge is 0.324 e. The maximum absolute atomic E-state index is 10.6. The Hall–Kier alpha value is -0.590. The molecule has 1 rings (SSSR count). The van der Waals surface area contributed by atoms with Gasteiger partial charge in [0.25, 0.3) is 0 Å². The normalized spacial score (nSPS) is 15.2. The average Bonchev–Trinajstić information content (AvgIpc) is 2.52. The van der Waals surface area contributed by atoms with Crippen molar-refractivity contribution in [2.24, 2.45) is 5.73 Å². The number of thiazole rings is 1. The predicted octanol–water partition coefficient (Wildman–Crippen LogP) is 1.04. The van der Waals surface area contributed by atoms with Crippen molar-refractivity contribution in [3.8, 4) is 0 Å². The van der Waals surface area contributed by atoms with Crippen LogP contribution in [0.4, 0.5) is 0 Å². The highest BCUT2D eigenvalue weighted by Crippen LogP contribution is 2.23. The summed E-state index contributed by atoms with van der Waals surface area (Å²) in [5.41, 5.74) is 4.35. The van der Waals surface area contributed by atoms with Crippen LogP contribution in [-0.4, -0.2) is 27.4 Å². The molecule has 1 atom stereocenters. The van der Waals surface area contributed by atoms with Gasteiger partial charge < -0.3 is 10.8 Å². The molecule has 0 fully saturated rings. The van der Waals surface area contributed by atoms with E-state index in [1.165, 1.54) is 30.0 Å².